The highest BCUT2D eigenvalue weighted by atomic mass is 32.2. The Hall–Kier alpha value is -1.16. The summed E-state index contributed by atoms with van der Waals surface area (Å²) in [6.07, 6.45) is -4.69. The van der Waals surface area contributed by atoms with Gasteiger partial charge in [-0.3, -0.25) is 0 Å². The Kier molecular flexibility index (Phi) is 4.16. The zero-order valence-electron chi connectivity index (χ0n) is 11.0. The van der Waals surface area contributed by atoms with Crippen molar-refractivity contribution < 1.29 is 25.2 Å². The number of imidazole rings is 1. The van der Waals surface area contributed by atoms with Crippen LogP contribution in [0.5, 0.6) is 0 Å². The molecule has 0 amide bonds. The summed E-state index contributed by atoms with van der Waals surface area (Å²) in [5.41, 5.74) is 0.881. The van der Waals surface area contributed by atoms with Gasteiger partial charge >= 0.3 is 0 Å². The van der Waals surface area contributed by atoms with Gasteiger partial charge in [0.25, 0.3) is 0 Å². The largest absolute Gasteiger partial charge is 0.394 e. The number of fused-ring (bicyclic) bond motifs is 1. The molecule has 7 nitrogen and oxygen atoms in total. The highest BCUT2D eigenvalue weighted by Crippen LogP contribution is 2.34. The Morgan fingerprint density at radius 2 is 2.05 bits per heavy atom. The molecule has 0 spiro atoms. The molecule has 3 rings (SSSR count). The molecule has 2 heterocycles. The first kappa shape index (κ1) is 14.8. The van der Waals surface area contributed by atoms with Gasteiger partial charge in [0, 0.05) is 0 Å². The van der Waals surface area contributed by atoms with E-state index in [1.165, 1.54) is 0 Å². The first-order chi connectivity index (χ1) is 10.1. The van der Waals surface area contributed by atoms with Crippen LogP contribution in [0.15, 0.2) is 29.4 Å². The lowest BCUT2D eigenvalue weighted by Gasteiger charge is -2.18. The molecule has 5 atom stereocenters. The predicted octanol–water partition coefficient (Wildman–Crippen LogP) is -0.545. The summed E-state index contributed by atoms with van der Waals surface area (Å²) in [6.45, 7) is -0.545. The molecule has 1 fully saturated rings. The monoisotopic (exact) mass is 312 g/mol. The number of nitrogens with one attached hydrogen (secondary N) is 1. The predicted molar refractivity (Wildman–Crippen MR) is 75.7 cm³/mol. The van der Waals surface area contributed by atoms with Gasteiger partial charge in [0.15, 0.2) is 5.16 Å². The third-order valence-corrected chi connectivity index (χ3v) is 4.46. The standard InChI is InChI=1S/C13H16N2O5S/c16-5-8(17)11-9(18)10(19)12(20-11)21-13-14-6-3-1-2-4-7(6)15-13/h1-4,8-12,16-19H,5H2,(H,14,15)/t8-,9-,10-,11-,12+/m1/s1. The Morgan fingerprint density at radius 1 is 1.29 bits per heavy atom. The summed E-state index contributed by atoms with van der Waals surface area (Å²) in [7, 11) is 0. The molecule has 1 aromatic heterocycles. The number of nitrogens with zero attached hydrogens (tertiary/aromatic N) is 1. The van der Waals surface area contributed by atoms with Crippen molar-refractivity contribution in [2.75, 3.05) is 6.61 Å². The molecule has 0 saturated carbocycles. The average molecular weight is 312 g/mol. The molecule has 1 saturated heterocycles. The van der Waals surface area contributed by atoms with Crippen LogP contribution in [0.4, 0.5) is 0 Å². The number of hydrogen-bond donors (Lipinski definition) is 5. The summed E-state index contributed by atoms with van der Waals surface area (Å²) in [6, 6.07) is 7.49. The summed E-state index contributed by atoms with van der Waals surface area (Å²) in [5.74, 6) is 0. The second-order valence-electron chi connectivity index (χ2n) is 4.88. The number of rotatable bonds is 4. The number of aliphatic hydroxyl groups excluding tert-OH is 4. The zero-order valence-corrected chi connectivity index (χ0v) is 11.8. The van der Waals surface area contributed by atoms with Crippen molar-refractivity contribution in [2.45, 2.75) is 35.0 Å². The van der Waals surface area contributed by atoms with E-state index in [4.69, 9.17) is 9.84 Å². The molecule has 2 aromatic rings. The van der Waals surface area contributed by atoms with E-state index in [1.54, 1.807) is 0 Å². The molecule has 1 aliphatic rings. The smallest absolute Gasteiger partial charge is 0.168 e. The molecule has 0 unspecified atom stereocenters. The van der Waals surface area contributed by atoms with Crippen LogP contribution in [-0.2, 0) is 4.74 Å². The molecule has 114 valence electrons. The van der Waals surface area contributed by atoms with Gasteiger partial charge in [-0.25, -0.2) is 4.98 Å². The Morgan fingerprint density at radius 3 is 2.76 bits per heavy atom. The van der Waals surface area contributed by atoms with E-state index >= 15 is 0 Å². The van der Waals surface area contributed by atoms with Crippen LogP contribution in [0.3, 0.4) is 0 Å². The molecule has 21 heavy (non-hydrogen) atoms. The number of aromatic amines is 1. The lowest BCUT2D eigenvalue weighted by molar-refractivity contribution is -0.0713. The second kappa shape index (κ2) is 5.91. The van der Waals surface area contributed by atoms with Crippen molar-refractivity contribution in [1.29, 1.82) is 0 Å². The first-order valence-corrected chi connectivity index (χ1v) is 7.40. The van der Waals surface area contributed by atoms with Crippen molar-refractivity contribution in [3.8, 4) is 0 Å². The van der Waals surface area contributed by atoms with Gasteiger partial charge < -0.3 is 30.1 Å². The number of ether oxygens (including phenoxy) is 1. The van der Waals surface area contributed by atoms with Crippen molar-refractivity contribution in [3.05, 3.63) is 24.3 Å². The average Bonchev–Trinajstić information content (AvgIpc) is 3.02. The van der Waals surface area contributed by atoms with E-state index in [0.717, 1.165) is 22.8 Å². The van der Waals surface area contributed by atoms with Crippen molar-refractivity contribution in [2.24, 2.45) is 0 Å². The number of benzene rings is 1. The molecule has 8 heteroatoms. The van der Waals surface area contributed by atoms with Gasteiger partial charge in [-0.2, -0.15) is 0 Å². The topological polar surface area (TPSA) is 119 Å². The van der Waals surface area contributed by atoms with Crippen LogP contribution < -0.4 is 0 Å². The maximum absolute atomic E-state index is 9.98. The van der Waals surface area contributed by atoms with Crippen LogP contribution in [0.25, 0.3) is 11.0 Å². The molecule has 1 aromatic carbocycles. The number of para-hydroxylation sites is 2. The van der Waals surface area contributed by atoms with Crippen LogP contribution in [0.2, 0.25) is 0 Å². The third-order valence-electron chi connectivity index (χ3n) is 3.42. The Labute approximate surface area is 124 Å². The fourth-order valence-corrected chi connectivity index (χ4v) is 3.31. The number of H-pyrrole nitrogens is 1. The number of thioether (sulfide) groups is 1. The minimum atomic E-state index is -1.26. The fraction of sp³-hybridized carbons (Fsp3) is 0.462. The minimum absolute atomic E-state index is 0.545. The Bertz CT molecular complexity index is 588. The SMILES string of the molecule is OC[C@@H](O)[C@H]1O[C@@H](Sc2nc3ccccc3[nH]2)[C@H](O)[C@H]1O. The first-order valence-electron chi connectivity index (χ1n) is 6.52. The normalized spacial score (nSPS) is 30.9. The summed E-state index contributed by atoms with van der Waals surface area (Å²) in [5, 5.41) is 38.9. The van der Waals surface area contributed by atoms with E-state index in [1.807, 2.05) is 24.3 Å². The maximum atomic E-state index is 9.98. The van der Waals surface area contributed by atoms with Crippen molar-refractivity contribution in [1.82, 2.24) is 9.97 Å². The molecule has 0 bridgehead atoms. The molecule has 5 N–H and O–H groups in total. The lowest BCUT2D eigenvalue weighted by Crippen LogP contribution is -2.40. The van der Waals surface area contributed by atoms with Gasteiger partial charge in [-0.1, -0.05) is 23.9 Å². The molecule has 0 radical (unpaired) electrons. The van der Waals surface area contributed by atoms with Gasteiger partial charge in [0.05, 0.1) is 17.6 Å². The molecular formula is C13H16N2O5S. The van der Waals surface area contributed by atoms with Gasteiger partial charge in [-0.05, 0) is 12.1 Å². The van der Waals surface area contributed by atoms with Crippen molar-refractivity contribution in [3.63, 3.8) is 0 Å². The lowest BCUT2D eigenvalue weighted by atomic mass is 10.1. The molecule has 0 aliphatic carbocycles. The highest BCUT2D eigenvalue weighted by Gasteiger charge is 2.46. The van der Waals surface area contributed by atoms with Crippen LogP contribution in [-0.4, -0.2) is 66.9 Å². The van der Waals surface area contributed by atoms with E-state index in [2.05, 4.69) is 9.97 Å². The molecule has 1 aliphatic heterocycles. The molecular weight excluding hydrogens is 296 g/mol. The highest BCUT2D eigenvalue weighted by molar-refractivity contribution is 7.99. The Balaban J connectivity index is 1.75. The van der Waals surface area contributed by atoms with Crippen LogP contribution in [0.1, 0.15) is 0 Å². The van der Waals surface area contributed by atoms with Crippen LogP contribution >= 0.6 is 11.8 Å². The van der Waals surface area contributed by atoms with Gasteiger partial charge in [-0.15, -0.1) is 0 Å². The maximum Gasteiger partial charge on any atom is 0.168 e. The summed E-state index contributed by atoms with van der Waals surface area (Å²) < 4.78 is 5.43. The van der Waals surface area contributed by atoms with Crippen LogP contribution in [0, 0.1) is 0 Å². The number of aromatic nitrogens is 2. The van der Waals surface area contributed by atoms with E-state index in [-0.39, 0.29) is 0 Å². The summed E-state index contributed by atoms with van der Waals surface area (Å²) in [4.78, 5) is 7.43. The quantitative estimate of drug-likeness (QED) is 0.514. The van der Waals surface area contributed by atoms with E-state index in [0.29, 0.717) is 5.16 Å². The zero-order chi connectivity index (χ0) is 15.0. The third kappa shape index (κ3) is 2.78. The number of hydrogen-bond acceptors (Lipinski definition) is 7. The summed E-state index contributed by atoms with van der Waals surface area (Å²) >= 11 is 1.13. The van der Waals surface area contributed by atoms with E-state index < -0.39 is 36.5 Å². The van der Waals surface area contributed by atoms with Gasteiger partial charge in [0.2, 0.25) is 0 Å². The minimum Gasteiger partial charge on any atom is -0.394 e. The van der Waals surface area contributed by atoms with Gasteiger partial charge in [0.1, 0.15) is 29.9 Å². The number of aliphatic hydroxyl groups is 4. The second-order valence-corrected chi connectivity index (χ2v) is 5.96. The fourth-order valence-electron chi connectivity index (χ4n) is 2.29. The van der Waals surface area contributed by atoms with Crippen molar-refractivity contribution >= 4 is 22.8 Å². The van der Waals surface area contributed by atoms with E-state index in [9.17, 15) is 15.3 Å².